The Morgan fingerprint density at radius 1 is 1.10 bits per heavy atom. The van der Waals surface area contributed by atoms with Gasteiger partial charge in [-0.1, -0.05) is 30.3 Å². The predicted molar refractivity (Wildman–Crippen MR) is 77.4 cm³/mol. The summed E-state index contributed by atoms with van der Waals surface area (Å²) < 4.78 is 5.34. The van der Waals surface area contributed by atoms with Gasteiger partial charge in [0.15, 0.2) is 0 Å². The minimum Gasteiger partial charge on any atom is -0.378 e. The van der Waals surface area contributed by atoms with E-state index in [2.05, 4.69) is 16.0 Å². The Bertz CT molecular complexity index is 628. The van der Waals surface area contributed by atoms with Gasteiger partial charge in [0.2, 0.25) is 0 Å². The lowest BCUT2D eigenvalue weighted by Crippen LogP contribution is -2.37. The number of ether oxygens (including phenoxy) is 1. The van der Waals surface area contributed by atoms with Crippen molar-refractivity contribution in [2.45, 2.75) is 0 Å². The molecule has 4 nitrogen and oxygen atoms in total. The van der Waals surface area contributed by atoms with E-state index in [9.17, 15) is 5.26 Å². The number of hydrogen-bond donors (Lipinski definition) is 0. The molecule has 1 fully saturated rings. The second-order valence-electron chi connectivity index (χ2n) is 4.67. The standard InChI is InChI=1S/C16H15N3O/c17-11-14-10-15(13-4-2-1-3-5-13)12-18-16(14)19-6-8-20-9-7-19/h1-5,10,12H,6-9H2. The Morgan fingerprint density at radius 2 is 1.85 bits per heavy atom. The Balaban J connectivity index is 1.96. The number of benzene rings is 1. The van der Waals surface area contributed by atoms with Gasteiger partial charge < -0.3 is 9.64 Å². The van der Waals surface area contributed by atoms with Gasteiger partial charge in [-0.2, -0.15) is 5.26 Å². The zero-order valence-corrected chi connectivity index (χ0v) is 11.1. The normalized spacial score (nSPS) is 14.8. The van der Waals surface area contributed by atoms with Crippen LogP contribution in [-0.2, 0) is 4.74 Å². The summed E-state index contributed by atoms with van der Waals surface area (Å²) in [6.07, 6.45) is 1.83. The molecule has 4 heteroatoms. The van der Waals surface area contributed by atoms with Crippen molar-refractivity contribution in [3.8, 4) is 17.2 Å². The van der Waals surface area contributed by atoms with Crippen molar-refractivity contribution < 1.29 is 4.74 Å². The monoisotopic (exact) mass is 265 g/mol. The molecule has 0 amide bonds. The Hall–Kier alpha value is -2.38. The van der Waals surface area contributed by atoms with Crippen LogP contribution in [0.3, 0.4) is 0 Å². The van der Waals surface area contributed by atoms with Crippen LogP contribution in [0.25, 0.3) is 11.1 Å². The first kappa shape index (κ1) is 12.6. The summed E-state index contributed by atoms with van der Waals surface area (Å²) in [6.45, 7) is 2.94. The van der Waals surface area contributed by atoms with Crippen LogP contribution >= 0.6 is 0 Å². The third-order valence-corrected chi connectivity index (χ3v) is 3.40. The van der Waals surface area contributed by atoms with Gasteiger partial charge in [0.05, 0.1) is 18.8 Å². The minimum absolute atomic E-state index is 0.619. The third kappa shape index (κ3) is 2.49. The zero-order valence-electron chi connectivity index (χ0n) is 11.1. The van der Waals surface area contributed by atoms with Crippen LogP contribution in [0.5, 0.6) is 0 Å². The molecule has 0 radical (unpaired) electrons. The van der Waals surface area contributed by atoms with Crippen LogP contribution in [0.4, 0.5) is 5.82 Å². The van der Waals surface area contributed by atoms with Gasteiger partial charge in [0, 0.05) is 24.8 Å². The molecule has 1 aromatic heterocycles. The number of nitrogens with zero attached hydrogens (tertiary/aromatic N) is 3. The van der Waals surface area contributed by atoms with E-state index in [0.717, 1.165) is 30.0 Å². The zero-order chi connectivity index (χ0) is 13.8. The van der Waals surface area contributed by atoms with E-state index in [-0.39, 0.29) is 0 Å². The van der Waals surface area contributed by atoms with Gasteiger partial charge in [-0.3, -0.25) is 0 Å². The van der Waals surface area contributed by atoms with Crippen molar-refractivity contribution in [1.29, 1.82) is 5.26 Å². The summed E-state index contributed by atoms with van der Waals surface area (Å²) in [6, 6.07) is 14.2. The van der Waals surface area contributed by atoms with Gasteiger partial charge in [-0.25, -0.2) is 4.98 Å². The maximum absolute atomic E-state index is 9.37. The number of anilines is 1. The summed E-state index contributed by atoms with van der Waals surface area (Å²) in [7, 11) is 0. The van der Waals surface area contributed by atoms with Gasteiger partial charge in [0.1, 0.15) is 11.9 Å². The van der Waals surface area contributed by atoms with E-state index in [4.69, 9.17) is 4.74 Å². The number of morpholine rings is 1. The van der Waals surface area contributed by atoms with E-state index in [0.29, 0.717) is 18.8 Å². The van der Waals surface area contributed by atoms with Crippen LogP contribution in [0.15, 0.2) is 42.6 Å². The molecule has 100 valence electrons. The molecule has 1 aromatic carbocycles. The molecule has 1 aliphatic heterocycles. The second kappa shape index (κ2) is 5.72. The fourth-order valence-electron chi connectivity index (χ4n) is 2.36. The van der Waals surface area contributed by atoms with Gasteiger partial charge in [0.25, 0.3) is 0 Å². The van der Waals surface area contributed by atoms with E-state index in [1.54, 1.807) is 0 Å². The molecule has 1 saturated heterocycles. The molecule has 0 spiro atoms. The molecule has 2 aromatic rings. The first-order valence-electron chi connectivity index (χ1n) is 6.67. The molecule has 0 saturated carbocycles. The number of hydrogen-bond acceptors (Lipinski definition) is 4. The number of pyridine rings is 1. The lowest BCUT2D eigenvalue weighted by molar-refractivity contribution is 0.122. The Kier molecular flexibility index (Phi) is 3.62. The molecular formula is C16H15N3O. The molecule has 0 unspecified atom stereocenters. The summed E-state index contributed by atoms with van der Waals surface area (Å²) >= 11 is 0. The van der Waals surface area contributed by atoms with Crippen molar-refractivity contribution in [1.82, 2.24) is 4.98 Å². The largest absolute Gasteiger partial charge is 0.378 e. The quantitative estimate of drug-likeness (QED) is 0.837. The van der Waals surface area contributed by atoms with E-state index >= 15 is 0 Å². The topological polar surface area (TPSA) is 49.2 Å². The number of nitriles is 1. The predicted octanol–water partition coefficient (Wildman–Crippen LogP) is 2.46. The third-order valence-electron chi connectivity index (χ3n) is 3.40. The second-order valence-corrected chi connectivity index (χ2v) is 4.67. The van der Waals surface area contributed by atoms with Crippen molar-refractivity contribution in [2.24, 2.45) is 0 Å². The highest BCUT2D eigenvalue weighted by Gasteiger charge is 2.16. The first-order chi connectivity index (χ1) is 9.88. The van der Waals surface area contributed by atoms with Crippen LogP contribution in [0.2, 0.25) is 0 Å². The fourth-order valence-corrected chi connectivity index (χ4v) is 2.36. The molecule has 0 atom stereocenters. The minimum atomic E-state index is 0.619. The van der Waals surface area contributed by atoms with Crippen LogP contribution in [0.1, 0.15) is 5.56 Å². The van der Waals surface area contributed by atoms with Crippen molar-refractivity contribution in [3.63, 3.8) is 0 Å². The maximum atomic E-state index is 9.37. The molecule has 3 rings (SSSR count). The Morgan fingerprint density at radius 3 is 2.55 bits per heavy atom. The van der Waals surface area contributed by atoms with E-state index in [1.807, 2.05) is 42.6 Å². The van der Waals surface area contributed by atoms with Gasteiger partial charge in [-0.05, 0) is 11.6 Å². The lowest BCUT2D eigenvalue weighted by atomic mass is 10.1. The fraction of sp³-hybridized carbons (Fsp3) is 0.250. The van der Waals surface area contributed by atoms with Gasteiger partial charge >= 0.3 is 0 Å². The summed E-state index contributed by atoms with van der Waals surface area (Å²) in [5, 5.41) is 9.37. The summed E-state index contributed by atoms with van der Waals surface area (Å²) in [5.74, 6) is 0.760. The molecule has 0 bridgehead atoms. The molecule has 1 aliphatic rings. The van der Waals surface area contributed by atoms with E-state index < -0.39 is 0 Å². The van der Waals surface area contributed by atoms with Crippen LogP contribution in [0, 0.1) is 11.3 Å². The number of rotatable bonds is 2. The summed E-state index contributed by atoms with van der Waals surface area (Å²) in [5.41, 5.74) is 2.66. The highest BCUT2D eigenvalue weighted by atomic mass is 16.5. The van der Waals surface area contributed by atoms with Crippen LogP contribution in [-0.4, -0.2) is 31.3 Å². The maximum Gasteiger partial charge on any atom is 0.146 e. The molecular weight excluding hydrogens is 250 g/mol. The smallest absolute Gasteiger partial charge is 0.146 e. The van der Waals surface area contributed by atoms with Crippen molar-refractivity contribution in [2.75, 3.05) is 31.2 Å². The Labute approximate surface area is 118 Å². The first-order valence-corrected chi connectivity index (χ1v) is 6.67. The lowest BCUT2D eigenvalue weighted by Gasteiger charge is -2.28. The van der Waals surface area contributed by atoms with Crippen LogP contribution < -0.4 is 4.90 Å². The molecule has 2 heterocycles. The summed E-state index contributed by atoms with van der Waals surface area (Å²) in [4.78, 5) is 6.61. The molecule has 0 N–H and O–H groups in total. The van der Waals surface area contributed by atoms with Gasteiger partial charge in [-0.15, -0.1) is 0 Å². The SMILES string of the molecule is N#Cc1cc(-c2ccccc2)cnc1N1CCOCC1. The molecule has 20 heavy (non-hydrogen) atoms. The average Bonchev–Trinajstić information content (AvgIpc) is 2.56. The van der Waals surface area contributed by atoms with Crippen molar-refractivity contribution >= 4 is 5.82 Å². The molecule has 0 aliphatic carbocycles. The van der Waals surface area contributed by atoms with E-state index in [1.165, 1.54) is 0 Å². The average molecular weight is 265 g/mol. The van der Waals surface area contributed by atoms with Crippen molar-refractivity contribution in [3.05, 3.63) is 48.2 Å². The number of aromatic nitrogens is 1. The highest BCUT2D eigenvalue weighted by molar-refractivity contribution is 5.68. The highest BCUT2D eigenvalue weighted by Crippen LogP contribution is 2.25.